The second-order valence-electron chi connectivity index (χ2n) is 22.4. The molecule has 0 aromatic rings. The summed E-state index contributed by atoms with van der Waals surface area (Å²) in [5.74, 6) is -0.878. The first-order valence-corrected chi connectivity index (χ1v) is 33.1. The lowest BCUT2D eigenvalue weighted by Gasteiger charge is -2.18. The third-order valence-electron chi connectivity index (χ3n) is 14.8. The lowest BCUT2D eigenvalue weighted by atomic mass is 10.0. The van der Waals surface area contributed by atoms with E-state index in [0.29, 0.717) is 19.3 Å². The van der Waals surface area contributed by atoms with E-state index in [9.17, 15) is 14.4 Å². The van der Waals surface area contributed by atoms with Crippen LogP contribution in [0.3, 0.4) is 0 Å². The Labute approximate surface area is 467 Å². The average Bonchev–Trinajstić information content (AvgIpc) is 3.41. The van der Waals surface area contributed by atoms with Gasteiger partial charge in [-0.1, -0.05) is 301 Å². The molecule has 0 aliphatic rings. The Balaban J connectivity index is 4.30. The first-order valence-electron chi connectivity index (χ1n) is 33.1. The molecule has 75 heavy (non-hydrogen) atoms. The van der Waals surface area contributed by atoms with Gasteiger partial charge in [-0.3, -0.25) is 14.4 Å². The quantitative estimate of drug-likeness (QED) is 0.0261. The van der Waals surface area contributed by atoms with Gasteiger partial charge in [-0.2, -0.15) is 0 Å². The molecule has 0 aromatic carbocycles. The normalized spacial score (nSPS) is 12.3. The molecule has 1 atom stereocenters. The van der Waals surface area contributed by atoms with Crippen molar-refractivity contribution in [1.82, 2.24) is 0 Å². The number of hydrogen-bond acceptors (Lipinski definition) is 6. The molecule has 0 aromatic heterocycles. The van der Waals surface area contributed by atoms with E-state index < -0.39 is 6.10 Å². The second kappa shape index (κ2) is 63.9. The van der Waals surface area contributed by atoms with Crippen molar-refractivity contribution in [3.63, 3.8) is 0 Å². The Morgan fingerprint density at radius 1 is 0.267 bits per heavy atom. The molecule has 1 unspecified atom stereocenters. The summed E-state index contributed by atoms with van der Waals surface area (Å²) >= 11 is 0. The van der Waals surface area contributed by atoms with Crippen LogP contribution in [0.4, 0.5) is 0 Å². The molecule has 0 bridgehead atoms. The fourth-order valence-electron chi connectivity index (χ4n) is 9.80. The van der Waals surface area contributed by atoms with Crippen molar-refractivity contribution in [2.75, 3.05) is 13.2 Å². The average molecular weight is 1050 g/mol. The standard InChI is InChI=1S/C69H126O6/c1-4-7-10-13-16-19-22-25-28-30-32-33-34-35-36-37-39-41-44-47-50-53-56-59-62-68(71)74-65-66(64-73-67(70)61-58-55-52-49-46-43-40-27-24-21-18-15-12-9-6-3)75-69(72)63-60-57-54-51-48-45-42-38-31-29-26-23-20-17-14-11-8-5-2/h18,20-21,23,27,29,31,40,66H,4-17,19,22,24-26,28,30,32-39,41-65H2,1-3H3/b21-18-,23-20-,31-29-,40-27-. The Hall–Kier alpha value is -2.63. The zero-order valence-electron chi connectivity index (χ0n) is 50.3. The number of ether oxygens (including phenoxy) is 3. The third kappa shape index (κ3) is 62.1. The summed E-state index contributed by atoms with van der Waals surface area (Å²) in [7, 11) is 0. The van der Waals surface area contributed by atoms with Gasteiger partial charge >= 0.3 is 17.9 Å². The van der Waals surface area contributed by atoms with Crippen LogP contribution in [0.2, 0.25) is 0 Å². The van der Waals surface area contributed by atoms with Gasteiger partial charge in [0.05, 0.1) is 0 Å². The Kier molecular flexibility index (Phi) is 61.7. The molecule has 6 nitrogen and oxygen atoms in total. The molecular weight excluding hydrogens is 925 g/mol. The highest BCUT2D eigenvalue weighted by atomic mass is 16.6. The monoisotopic (exact) mass is 1050 g/mol. The summed E-state index contributed by atoms with van der Waals surface area (Å²) in [5.41, 5.74) is 0. The van der Waals surface area contributed by atoms with Crippen LogP contribution in [0, 0.1) is 0 Å². The number of carbonyl (C=O) groups excluding carboxylic acids is 3. The fraction of sp³-hybridized carbons (Fsp3) is 0.841. The molecule has 0 radical (unpaired) electrons. The molecule has 0 N–H and O–H groups in total. The van der Waals surface area contributed by atoms with Crippen molar-refractivity contribution in [3.05, 3.63) is 48.6 Å². The van der Waals surface area contributed by atoms with Crippen molar-refractivity contribution >= 4 is 17.9 Å². The van der Waals surface area contributed by atoms with Gasteiger partial charge in [-0.05, 0) is 83.5 Å². The summed E-state index contributed by atoms with van der Waals surface area (Å²) in [4.78, 5) is 38.3. The topological polar surface area (TPSA) is 78.9 Å². The van der Waals surface area contributed by atoms with Crippen LogP contribution in [-0.4, -0.2) is 37.2 Å². The summed E-state index contributed by atoms with van der Waals surface area (Å²) in [5, 5.41) is 0. The van der Waals surface area contributed by atoms with Crippen LogP contribution < -0.4 is 0 Å². The first-order chi connectivity index (χ1) is 37.0. The molecule has 0 amide bonds. The maximum Gasteiger partial charge on any atom is 0.306 e. The Morgan fingerprint density at radius 2 is 0.480 bits per heavy atom. The summed E-state index contributed by atoms with van der Waals surface area (Å²) in [6, 6.07) is 0. The number of carbonyl (C=O) groups is 3. The van der Waals surface area contributed by atoms with E-state index in [4.69, 9.17) is 14.2 Å². The van der Waals surface area contributed by atoms with Crippen LogP contribution in [0.5, 0.6) is 0 Å². The summed E-state index contributed by atoms with van der Waals surface area (Å²) < 4.78 is 16.9. The Bertz CT molecular complexity index is 1300. The van der Waals surface area contributed by atoms with Crippen molar-refractivity contribution in [3.8, 4) is 0 Å². The third-order valence-corrected chi connectivity index (χ3v) is 14.8. The van der Waals surface area contributed by atoms with Gasteiger partial charge < -0.3 is 14.2 Å². The predicted molar refractivity (Wildman–Crippen MR) is 325 cm³/mol. The molecule has 0 saturated carbocycles. The molecule has 0 aliphatic heterocycles. The molecule has 0 saturated heterocycles. The van der Waals surface area contributed by atoms with Gasteiger partial charge in [-0.25, -0.2) is 0 Å². The van der Waals surface area contributed by atoms with E-state index in [1.54, 1.807) is 0 Å². The maximum absolute atomic E-state index is 12.9. The van der Waals surface area contributed by atoms with Crippen LogP contribution in [0.25, 0.3) is 0 Å². The summed E-state index contributed by atoms with van der Waals surface area (Å²) in [6.07, 6.45) is 79.8. The SMILES string of the molecule is CCCCC/C=C\C/C=C\CCCCCCCC(=O)OCC(COC(=O)CCCCCCCCCCCCCCCCCCCCCCCCCC)OC(=O)CCCCCCCCC/C=C\C/C=C\CCCCCC. The van der Waals surface area contributed by atoms with Gasteiger partial charge in [0.25, 0.3) is 0 Å². The molecule has 0 rings (SSSR count). The lowest BCUT2D eigenvalue weighted by Crippen LogP contribution is -2.30. The van der Waals surface area contributed by atoms with Gasteiger partial charge in [0.15, 0.2) is 6.10 Å². The van der Waals surface area contributed by atoms with Gasteiger partial charge in [-0.15, -0.1) is 0 Å². The number of unbranched alkanes of at least 4 members (excludes halogenated alkanes) is 42. The van der Waals surface area contributed by atoms with Crippen LogP contribution >= 0.6 is 0 Å². The van der Waals surface area contributed by atoms with Crippen molar-refractivity contribution in [1.29, 1.82) is 0 Å². The molecule has 6 heteroatoms. The minimum absolute atomic E-state index is 0.0774. The van der Waals surface area contributed by atoms with E-state index in [1.807, 2.05) is 0 Å². The first kappa shape index (κ1) is 72.4. The van der Waals surface area contributed by atoms with E-state index in [0.717, 1.165) is 89.9 Å². The number of esters is 3. The zero-order chi connectivity index (χ0) is 54.3. The Morgan fingerprint density at radius 3 is 0.773 bits per heavy atom. The highest BCUT2D eigenvalue weighted by Gasteiger charge is 2.19. The molecule has 0 spiro atoms. The van der Waals surface area contributed by atoms with Crippen LogP contribution in [0.1, 0.15) is 355 Å². The lowest BCUT2D eigenvalue weighted by molar-refractivity contribution is -0.167. The molecule has 0 fully saturated rings. The molecule has 438 valence electrons. The van der Waals surface area contributed by atoms with Crippen molar-refractivity contribution in [2.24, 2.45) is 0 Å². The minimum atomic E-state index is -0.783. The minimum Gasteiger partial charge on any atom is -0.462 e. The van der Waals surface area contributed by atoms with Gasteiger partial charge in [0.2, 0.25) is 0 Å². The maximum atomic E-state index is 12.9. The number of allylic oxidation sites excluding steroid dienone is 8. The number of rotatable bonds is 61. The van der Waals surface area contributed by atoms with E-state index in [-0.39, 0.29) is 31.1 Å². The molecule has 0 aliphatic carbocycles. The highest BCUT2D eigenvalue weighted by Crippen LogP contribution is 2.18. The number of hydrogen-bond donors (Lipinski definition) is 0. The van der Waals surface area contributed by atoms with Crippen molar-refractivity contribution < 1.29 is 28.6 Å². The van der Waals surface area contributed by atoms with Crippen LogP contribution in [0.15, 0.2) is 48.6 Å². The van der Waals surface area contributed by atoms with Gasteiger partial charge in [0.1, 0.15) is 13.2 Å². The fourth-order valence-corrected chi connectivity index (χ4v) is 9.80. The molecule has 0 heterocycles. The van der Waals surface area contributed by atoms with Crippen molar-refractivity contribution in [2.45, 2.75) is 361 Å². The smallest absolute Gasteiger partial charge is 0.306 e. The van der Waals surface area contributed by atoms with Gasteiger partial charge in [0, 0.05) is 19.3 Å². The second-order valence-corrected chi connectivity index (χ2v) is 22.4. The summed E-state index contributed by atoms with van der Waals surface area (Å²) in [6.45, 7) is 6.64. The van der Waals surface area contributed by atoms with E-state index in [1.165, 1.54) is 225 Å². The van der Waals surface area contributed by atoms with E-state index in [2.05, 4.69) is 69.4 Å². The molecular formula is C69H126O6. The van der Waals surface area contributed by atoms with Crippen LogP contribution in [-0.2, 0) is 28.6 Å². The highest BCUT2D eigenvalue weighted by molar-refractivity contribution is 5.71. The zero-order valence-corrected chi connectivity index (χ0v) is 50.3. The largest absolute Gasteiger partial charge is 0.462 e. The van der Waals surface area contributed by atoms with E-state index >= 15 is 0 Å². The predicted octanol–water partition coefficient (Wildman–Crippen LogP) is 22.6.